The molecule has 0 amide bonds. The van der Waals surface area contributed by atoms with Gasteiger partial charge >= 0.3 is 0 Å². The van der Waals surface area contributed by atoms with Crippen molar-refractivity contribution in [2.24, 2.45) is 0 Å². The zero-order valence-corrected chi connectivity index (χ0v) is 75.3. The fourth-order valence-corrected chi connectivity index (χ4v) is 21.1. The van der Waals surface area contributed by atoms with Gasteiger partial charge in [0.2, 0.25) is 0 Å². The van der Waals surface area contributed by atoms with E-state index in [2.05, 4.69) is 323 Å². The third-order valence-corrected chi connectivity index (χ3v) is 27.6. The summed E-state index contributed by atoms with van der Waals surface area (Å²) in [5.74, 6) is 5.95. The molecule has 9 nitrogen and oxygen atoms in total. The summed E-state index contributed by atoms with van der Waals surface area (Å²) < 4.78 is 0. The van der Waals surface area contributed by atoms with Crippen molar-refractivity contribution >= 4 is 0 Å². The van der Waals surface area contributed by atoms with Crippen LogP contribution in [0.2, 0.25) is 0 Å². The van der Waals surface area contributed by atoms with E-state index in [1.165, 1.54) is 122 Å². The molecule has 0 atom stereocenters. The van der Waals surface area contributed by atoms with Gasteiger partial charge in [0.15, 0.2) is 52.4 Å². The van der Waals surface area contributed by atoms with Gasteiger partial charge in [-0.25, -0.2) is 44.9 Å². The van der Waals surface area contributed by atoms with E-state index >= 15 is 0 Å². The Morgan fingerprint density at radius 2 is 0.336 bits per heavy atom. The van der Waals surface area contributed by atoms with Gasteiger partial charge in [0.1, 0.15) is 0 Å². The Morgan fingerprint density at radius 3 is 0.650 bits per heavy atom. The molecular formula is C128H87N9. The number of aromatic nitrogens is 9. The molecule has 3 aromatic heterocycles. The third-order valence-electron chi connectivity index (χ3n) is 27.6. The Kier molecular flexibility index (Phi) is 20.9. The molecule has 3 heterocycles. The van der Waals surface area contributed by atoms with Gasteiger partial charge in [-0.15, -0.1) is 0 Å². The minimum absolute atomic E-state index is 0.0194. The van der Waals surface area contributed by atoms with Crippen LogP contribution in [-0.2, 0) is 16.2 Å². The molecule has 0 N–H and O–H groups in total. The summed E-state index contributed by atoms with van der Waals surface area (Å²) in [4.78, 5) is 44.0. The highest BCUT2D eigenvalue weighted by molar-refractivity contribution is 5.98. The molecule has 0 saturated heterocycles. The first kappa shape index (κ1) is 82.4. The van der Waals surface area contributed by atoms with Crippen molar-refractivity contribution in [2.45, 2.75) is 30.1 Å². The van der Waals surface area contributed by atoms with Crippen LogP contribution in [0.15, 0.2) is 491 Å². The molecule has 0 fully saturated rings. The second kappa shape index (κ2) is 34.7. The number of benzene rings is 19. The Hall–Kier alpha value is -17.8. The molecule has 644 valence electrons. The van der Waals surface area contributed by atoms with Crippen LogP contribution in [0.5, 0.6) is 0 Å². The van der Waals surface area contributed by atoms with Crippen LogP contribution in [0.1, 0.15) is 69.5 Å². The summed E-state index contributed by atoms with van der Waals surface area (Å²) in [5, 5.41) is 0. The predicted molar refractivity (Wildman–Crippen MR) is 556 cm³/mol. The van der Waals surface area contributed by atoms with Crippen molar-refractivity contribution in [1.29, 1.82) is 0 Å². The zero-order chi connectivity index (χ0) is 91.4. The third kappa shape index (κ3) is 14.6. The number of hydrogen-bond donors (Lipinski definition) is 0. The lowest BCUT2D eigenvalue weighted by Gasteiger charge is -2.33. The molecule has 0 aliphatic heterocycles. The minimum atomic E-state index is -0.400. The number of fused-ring (bicyclic) bond motifs is 16. The maximum absolute atomic E-state index is 4.93. The summed E-state index contributed by atoms with van der Waals surface area (Å²) in [5.41, 5.74) is 38.8. The Balaban J connectivity index is 0.000000113. The molecule has 4 aliphatic rings. The van der Waals surface area contributed by atoms with Crippen LogP contribution >= 0.6 is 0 Å². The number of hydrogen-bond acceptors (Lipinski definition) is 9. The van der Waals surface area contributed by atoms with Crippen molar-refractivity contribution in [2.75, 3.05) is 0 Å². The van der Waals surface area contributed by atoms with Crippen LogP contribution in [0.4, 0.5) is 0 Å². The van der Waals surface area contributed by atoms with Crippen molar-refractivity contribution in [1.82, 2.24) is 44.9 Å². The van der Waals surface area contributed by atoms with Gasteiger partial charge in [0.05, 0.1) is 10.8 Å². The van der Waals surface area contributed by atoms with Gasteiger partial charge in [-0.1, -0.05) is 493 Å². The molecule has 26 rings (SSSR count). The van der Waals surface area contributed by atoms with Gasteiger partial charge < -0.3 is 0 Å². The first-order valence-electron chi connectivity index (χ1n) is 46.6. The van der Waals surface area contributed by atoms with E-state index in [-0.39, 0.29) is 10.8 Å². The SMILES string of the molecule is CC1(C)c2ccccc2-c2c(-c3ccc(-c4nc(-c5ccccc5)nc(-c5ccccc5)n4)cc3)cccc21.c1ccc(-c2nc(-c3ccccc3)nc(-c3ccc(-c4ccc5c(c4)-c4ccccc4C5(c4ccccc4)c4ccccc4)cc3)n2)cc1.c1ccc(-c2nc(-c3ccccc3)nc(-c3ccc(-c4ccc5c(c4)-c4ccccc4C54c5ccccc5-c5ccccc54)cc3)n2)cc1. The van der Waals surface area contributed by atoms with E-state index in [0.717, 1.165) is 61.2 Å². The monoisotopic (exact) mass is 1750 g/mol. The van der Waals surface area contributed by atoms with Gasteiger partial charge in [0.25, 0.3) is 0 Å². The maximum atomic E-state index is 4.93. The van der Waals surface area contributed by atoms with Crippen LogP contribution in [-0.4, -0.2) is 44.9 Å². The largest absolute Gasteiger partial charge is 0.208 e. The summed E-state index contributed by atoms with van der Waals surface area (Å²) in [6.45, 7) is 4.64. The molecule has 0 bridgehead atoms. The summed E-state index contributed by atoms with van der Waals surface area (Å²) in [6.07, 6.45) is 0. The topological polar surface area (TPSA) is 116 Å². The van der Waals surface area contributed by atoms with E-state index < -0.39 is 5.41 Å². The standard InChI is InChI=1S/C46H29N3.C46H31N3.C36H27N3/c1-3-13-31(14-4-1)43-47-44(32-15-5-2-6-16-32)49-45(48-43)33-25-23-30(24-26-33)34-27-28-42-38(29-34)37-19-9-12-22-41(37)46(42)39-20-10-7-17-35(39)36-18-8-11-21-40(36)46;1-5-15-33(16-6-1)43-47-44(34-17-7-2-8-18-34)49-45(48-43)35-27-25-32(26-28-35)36-29-30-42-40(31-36)39-23-13-14-24-41(39)46(42,37-19-9-3-10-20-37)38-21-11-4-12-22-38;1-36(2)30-18-10-9-16-29(30)32-28(17-11-19-31(32)36)24-20-22-27(23-21-24)35-38-33(25-12-5-3-6-13-25)37-34(39-35)26-14-7-4-8-15-26/h1-29H;1-31H;3-23H,1-2H3. The molecule has 137 heavy (non-hydrogen) atoms. The molecule has 0 radical (unpaired) electrons. The fourth-order valence-electron chi connectivity index (χ4n) is 21.1. The molecular weight excluding hydrogens is 1660 g/mol. The average Bonchev–Trinajstić information content (AvgIpc) is 1.51. The quantitative estimate of drug-likeness (QED) is 0.105. The molecule has 22 aromatic rings. The van der Waals surface area contributed by atoms with E-state index in [4.69, 9.17) is 44.9 Å². The van der Waals surface area contributed by atoms with E-state index in [1.54, 1.807) is 0 Å². The van der Waals surface area contributed by atoms with E-state index in [1.807, 2.05) is 182 Å². The summed E-state index contributed by atoms with van der Waals surface area (Å²) >= 11 is 0. The summed E-state index contributed by atoms with van der Waals surface area (Å²) in [6, 6.07) is 173. The second-order valence-corrected chi connectivity index (χ2v) is 35.7. The normalized spacial score (nSPS) is 12.9. The van der Waals surface area contributed by atoms with Gasteiger partial charge in [-0.3, -0.25) is 0 Å². The van der Waals surface area contributed by atoms with Crippen molar-refractivity contribution in [3.63, 3.8) is 0 Å². The summed E-state index contributed by atoms with van der Waals surface area (Å²) in [7, 11) is 0. The molecule has 19 aromatic carbocycles. The molecule has 4 aliphatic carbocycles. The molecule has 0 unspecified atom stereocenters. The lowest BCUT2D eigenvalue weighted by Crippen LogP contribution is -2.28. The highest BCUT2D eigenvalue weighted by atomic mass is 15.1. The zero-order valence-electron chi connectivity index (χ0n) is 75.3. The molecule has 9 heteroatoms. The Labute approximate surface area is 796 Å². The molecule has 0 saturated carbocycles. The van der Waals surface area contributed by atoms with Gasteiger partial charge in [-0.2, -0.15) is 0 Å². The lowest BCUT2D eigenvalue weighted by atomic mass is 9.67. The van der Waals surface area contributed by atoms with Crippen LogP contribution in [0.3, 0.4) is 0 Å². The minimum Gasteiger partial charge on any atom is -0.208 e. The van der Waals surface area contributed by atoms with Crippen LogP contribution in [0, 0.1) is 0 Å². The van der Waals surface area contributed by atoms with Crippen LogP contribution in [0.25, 0.3) is 180 Å². The second-order valence-electron chi connectivity index (χ2n) is 35.7. The van der Waals surface area contributed by atoms with E-state index in [9.17, 15) is 0 Å². The van der Waals surface area contributed by atoms with Gasteiger partial charge in [-0.05, 0) is 146 Å². The highest BCUT2D eigenvalue weighted by Gasteiger charge is 2.52. The molecule has 1 spiro atoms. The van der Waals surface area contributed by atoms with E-state index in [0.29, 0.717) is 52.4 Å². The van der Waals surface area contributed by atoms with Crippen molar-refractivity contribution in [3.8, 4) is 180 Å². The van der Waals surface area contributed by atoms with Crippen LogP contribution < -0.4 is 0 Å². The first-order valence-corrected chi connectivity index (χ1v) is 46.6. The smallest absolute Gasteiger partial charge is 0.164 e. The van der Waals surface area contributed by atoms with Crippen molar-refractivity contribution in [3.05, 3.63) is 547 Å². The Morgan fingerprint density at radius 1 is 0.131 bits per heavy atom. The maximum Gasteiger partial charge on any atom is 0.164 e. The Bertz CT molecular complexity index is 7770. The lowest BCUT2D eigenvalue weighted by molar-refractivity contribution is 0.660. The number of rotatable bonds is 14. The fraction of sp³-hybridized carbons (Fsp3) is 0.0391. The van der Waals surface area contributed by atoms with Crippen molar-refractivity contribution < 1.29 is 0 Å². The predicted octanol–water partition coefficient (Wildman–Crippen LogP) is 30.6. The average molecular weight is 1750 g/mol. The highest BCUT2D eigenvalue weighted by Crippen LogP contribution is 2.64. The van der Waals surface area contributed by atoms with Gasteiger partial charge in [0, 0.05) is 55.5 Å². The first-order chi connectivity index (χ1) is 67.7. The number of nitrogens with zero attached hydrogens (tertiary/aromatic N) is 9.